The topological polar surface area (TPSA) is 64.2 Å². The average molecular weight is 417 g/mol. The van der Waals surface area contributed by atoms with Crippen LogP contribution in [0.5, 0.6) is 5.75 Å². The van der Waals surface area contributed by atoms with E-state index in [1.807, 2.05) is 0 Å². The number of halogens is 2. The Kier molecular flexibility index (Phi) is 6.13. The lowest BCUT2D eigenvalue weighted by molar-refractivity contribution is 0.1000. The first-order chi connectivity index (χ1) is 11.7. The molecule has 0 bridgehead atoms. The Hall–Kier alpha value is -1.12. The summed E-state index contributed by atoms with van der Waals surface area (Å²) < 4.78 is 24.9. The standard InChI is InChI=1S/C16H18BrFN2O3S/c17-3-6-23-10-7-12(18)15-13(8-10)19-14(20-16(15)21)9-24-11-1-4-22-5-2-11/h7-8,11H,1-6,9H2,(H,19,20,21). The zero-order valence-electron chi connectivity index (χ0n) is 13.0. The van der Waals surface area contributed by atoms with E-state index in [-0.39, 0.29) is 5.39 Å². The van der Waals surface area contributed by atoms with Crippen LogP contribution in [0.2, 0.25) is 0 Å². The van der Waals surface area contributed by atoms with Crippen molar-refractivity contribution in [1.29, 1.82) is 0 Å². The average Bonchev–Trinajstić information content (AvgIpc) is 2.58. The van der Waals surface area contributed by atoms with E-state index in [4.69, 9.17) is 9.47 Å². The molecule has 8 heteroatoms. The highest BCUT2D eigenvalue weighted by molar-refractivity contribution is 9.09. The predicted octanol–water partition coefficient (Wildman–Crippen LogP) is 3.25. The van der Waals surface area contributed by atoms with Gasteiger partial charge >= 0.3 is 0 Å². The first-order valence-electron chi connectivity index (χ1n) is 7.78. The van der Waals surface area contributed by atoms with Crippen molar-refractivity contribution in [3.8, 4) is 5.75 Å². The van der Waals surface area contributed by atoms with Gasteiger partial charge in [0.1, 0.15) is 22.8 Å². The van der Waals surface area contributed by atoms with Crippen LogP contribution in [0.1, 0.15) is 18.7 Å². The van der Waals surface area contributed by atoms with Crippen LogP contribution in [-0.4, -0.2) is 40.4 Å². The Bertz CT molecular complexity index is 765. The van der Waals surface area contributed by atoms with Gasteiger partial charge < -0.3 is 14.5 Å². The molecule has 0 amide bonds. The summed E-state index contributed by atoms with van der Waals surface area (Å²) in [6.45, 7) is 1.97. The number of fused-ring (bicyclic) bond motifs is 1. The van der Waals surface area contributed by atoms with Crippen LogP contribution in [0.25, 0.3) is 10.9 Å². The third-order valence-corrected chi connectivity index (χ3v) is 5.46. The molecule has 1 fully saturated rings. The summed E-state index contributed by atoms with van der Waals surface area (Å²) in [4.78, 5) is 19.3. The number of H-pyrrole nitrogens is 1. The number of hydrogen-bond donors (Lipinski definition) is 1. The highest BCUT2D eigenvalue weighted by Crippen LogP contribution is 2.25. The zero-order chi connectivity index (χ0) is 16.9. The molecule has 1 aliphatic rings. The minimum absolute atomic E-state index is 0.0268. The number of benzene rings is 1. The lowest BCUT2D eigenvalue weighted by Crippen LogP contribution is -2.18. The monoisotopic (exact) mass is 416 g/mol. The van der Waals surface area contributed by atoms with Gasteiger partial charge in [-0.1, -0.05) is 15.9 Å². The molecule has 130 valence electrons. The molecule has 2 heterocycles. The highest BCUT2D eigenvalue weighted by Gasteiger charge is 2.16. The molecule has 2 aromatic rings. The first kappa shape index (κ1) is 17.7. The maximum absolute atomic E-state index is 14.2. The highest BCUT2D eigenvalue weighted by atomic mass is 79.9. The lowest BCUT2D eigenvalue weighted by Gasteiger charge is -2.21. The molecule has 0 atom stereocenters. The normalized spacial score (nSPS) is 15.8. The lowest BCUT2D eigenvalue weighted by atomic mass is 10.2. The van der Waals surface area contributed by atoms with Crippen LogP contribution < -0.4 is 10.3 Å². The summed E-state index contributed by atoms with van der Waals surface area (Å²) in [5.41, 5.74) is -0.127. The summed E-state index contributed by atoms with van der Waals surface area (Å²) in [6.07, 6.45) is 2.00. The van der Waals surface area contributed by atoms with Gasteiger partial charge in [0.2, 0.25) is 0 Å². The van der Waals surface area contributed by atoms with Gasteiger partial charge in [0.15, 0.2) is 0 Å². The fourth-order valence-corrected chi connectivity index (χ4v) is 3.81. The summed E-state index contributed by atoms with van der Waals surface area (Å²) in [5.74, 6) is 0.903. The molecule has 24 heavy (non-hydrogen) atoms. The molecular weight excluding hydrogens is 399 g/mol. The second-order valence-electron chi connectivity index (χ2n) is 5.47. The number of ether oxygens (including phenoxy) is 2. The smallest absolute Gasteiger partial charge is 0.261 e. The molecule has 0 radical (unpaired) electrons. The fourth-order valence-electron chi connectivity index (χ4n) is 2.60. The van der Waals surface area contributed by atoms with E-state index >= 15 is 0 Å². The van der Waals surface area contributed by atoms with Crippen LogP contribution in [0, 0.1) is 5.82 Å². The molecule has 5 nitrogen and oxygen atoms in total. The Labute approximate surface area is 151 Å². The van der Waals surface area contributed by atoms with Crippen LogP contribution in [0.15, 0.2) is 16.9 Å². The van der Waals surface area contributed by atoms with Crippen LogP contribution in [0.3, 0.4) is 0 Å². The summed E-state index contributed by atoms with van der Waals surface area (Å²) in [5, 5.41) is 1.12. The number of rotatable bonds is 6. The third-order valence-electron chi connectivity index (χ3n) is 3.75. The molecule has 0 unspecified atom stereocenters. The number of aromatic amines is 1. The van der Waals surface area contributed by atoms with E-state index in [0.29, 0.717) is 40.0 Å². The van der Waals surface area contributed by atoms with Gasteiger partial charge in [-0.2, -0.15) is 11.8 Å². The number of nitrogens with zero attached hydrogens (tertiary/aromatic N) is 1. The molecule has 3 rings (SSSR count). The molecular formula is C16H18BrFN2O3S. The minimum Gasteiger partial charge on any atom is -0.493 e. The quantitative estimate of drug-likeness (QED) is 0.732. The summed E-state index contributed by atoms with van der Waals surface area (Å²) >= 11 is 5.00. The fraction of sp³-hybridized carbons (Fsp3) is 0.500. The van der Waals surface area contributed by atoms with Crippen molar-refractivity contribution in [2.75, 3.05) is 25.2 Å². The molecule has 0 aliphatic carbocycles. The second-order valence-corrected chi connectivity index (χ2v) is 7.55. The van der Waals surface area contributed by atoms with Crippen molar-refractivity contribution in [3.05, 3.63) is 34.1 Å². The molecule has 1 N–H and O–H groups in total. The Morgan fingerprint density at radius 3 is 2.96 bits per heavy atom. The van der Waals surface area contributed by atoms with Gasteiger partial charge in [-0.05, 0) is 12.8 Å². The molecule has 1 aromatic heterocycles. The van der Waals surface area contributed by atoms with E-state index in [9.17, 15) is 9.18 Å². The SMILES string of the molecule is O=c1[nH]c(CSC2CCOCC2)nc2cc(OCCBr)cc(F)c12. The second kappa shape index (κ2) is 8.31. The predicted molar refractivity (Wildman–Crippen MR) is 96.7 cm³/mol. The summed E-state index contributed by atoms with van der Waals surface area (Å²) in [7, 11) is 0. The van der Waals surface area contributed by atoms with E-state index in [2.05, 4.69) is 25.9 Å². The van der Waals surface area contributed by atoms with Crippen molar-refractivity contribution in [1.82, 2.24) is 9.97 Å². The van der Waals surface area contributed by atoms with Crippen molar-refractivity contribution < 1.29 is 13.9 Å². The van der Waals surface area contributed by atoms with Crippen molar-refractivity contribution in [2.45, 2.75) is 23.8 Å². The molecule has 1 aromatic carbocycles. The summed E-state index contributed by atoms with van der Waals surface area (Å²) in [6, 6.07) is 2.83. The van der Waals surface area contributed by atoms with Gasteiger partial charge in [-0.15, -0.1) is 0 Å². The Balaban J connectivity index is 1.82. The number of alkyl halides is 1. The Morgan fingerprint density at radius 1 is 1.42 bits per heavy atom. The zero-order valence-corrected chi connectivity index (χ0v) is 15.4. The van der Waals surface area contributed by atoms with Crippen molar-refractivity contribution in [2.24, 2.45) is 0 Å². The molecule has 0 spiro atoms. The van der Waals surface area contributed by atoms with Crippen molar-refractivity contribution in [3.63, 3.8) is 0 Å². The number of thioether (sulfide) groups is 1. The van der Waals surface area contributed by atoms with Gasteiger partial charge in [-0.3, -0.25) is 4.79 Å². The molecule has 1 aliphatic heterocycles. The maximum Gasteiger partial charge on any atom is 0.261 e. The molecule has 0 saturated carbocycles. The van der Waals surface area contributed by atoms with Gasteiger partial charge in [0, 0.05) is 35.9 Å². The molecule has 1 saturated heterocycles. The maximum atomic E-state index is 14.2. The van der Waals surface area contributed by atoms with Crippen LogP contribution in [0.4, 0.5) is 4.39 Å². The van der Waals surface area contributed by atoms with Crippen LogP contribution >= 0.6 is 27.7 Å². The van der Waals surface area contributed by atoms with E-state index in [1.165, 1.54) is 6.07 Å². The van der Waals surface area contributed by atoms with Gasteiger partial charge in [-0.25, -0.2) is 9.37 Å². The van der Waals surface area contributed by atoms with Gasteiger partial charge in [0.05, 0.1) is 17.9 Å². The third kappa shape index (κ3) is 4.29. The van der Waals surface area contributed by atoms with Gasteiger partial charge in [0.25, 0.3) is 5.56 Å². The largest absolute Gasteiger partial charge is 0.493 e. The number of nitrogens with one attached hydrogen (secondary N) is 1. The Morgan fingerprint density at radius 2 is 2.21 bits per heavy atom. The minimum atomic E-state index is -0.616. The van der Waals surface area contributed by atoms with E-state index in [1.54, 1.807) is 17.8 Å². The van der Waals surface area contributed by atoms with E-state index < -0.39 is 11.4 Å². The van der Waals surface area contributed by atoms with E-state index in [0.717, 1.165) is 26.1 Å². The number of hydrogen-bond acceptors (Lipinski definition) is 5. The first-order valence-corrected chi connectivity index (χ1v) is 9.95. The van der Waals surface area contributed by atoms with Crippen molar-refractivity contribution >= 4 is 38.6 Å². The number of aromatic nitrogens is 2. The van der Waals surface area contributed by atoms with Crippen LogP contribution in [-0.2, 0) is 10.5 Å².